The Balaban J connectivity index is 2.23. The largest absolute Gasteiger partial charge is 0.497 e. The fourth-order valence-corrected chi connectivity index (χ4v) is 2.58. The van der Waals surface area contributed by atoms with Gasteiger partial charge >= 0.3 is 0 Å². The standard InChI is InChI=1S/C18H22N2O5S/c1-21-12-6-7-14(22-2)13(10-12)20-18(26)19-11-8-15(23-3)17(25-5)16(9-11)24-4/h6-10H,1-5H3,(H2,19,20,26). The van der Waals surface area contributed by atoms with Gasteiger partial charge in [0.25, 0.3) is 0 Å². The summed E-state index contributed by atoms with van der Waals surface area (Å²) in [5, 5.41) is 6.55. The van der Waals surface area contributed by atoms with Gasteiger partial charge in [-0.3, -0.25) is 0 Å². The van der Waals surface area contributed by atoms with E-state index < -0.39 is 0 Å². The van der Waals surface area contributed by atoms with E-state index in [0.717, 1.165) is 0 Å². The number of hydrogen-bond acceptors (Lipinski definition) is 6. The smallest absolute Gasteiger partial charge is 0.203 e. The van der Waals surface area contributed by atoms with Crippen molar-refractivity contribution in [2.75, 3.05) is 46.2 Å². The fraction of sp³-hybridized carbons (Fsp3) is 0.278. The van der Waals surface area contributed by atoms with Gasteiger partial charge in [0.15, 0.2) is 16.6 Å². The van der Waals surface area contributed by atoms with Crippen LogP contribution in [0.25, 0.3) is 0 Å². The van der Waals surface area contributed by atoms with Gasteiger partial charge < -0.3 is 34.3 Å². The van der Waals surface area contributed by atoms with Crippen molar-refractivity contribution < 1.29 is 23.7 Å². The second kappa shape index (κ2) is 9.00. The van der Waals surface area contributed by atoms with Crippen LogP contribution in [0.1, 0.15) is 0 Å². The van der Waals surface area contributed by atoms with Crippen LogP contribution in [0.15, 0.2) is 30.3 Å². The summed E-state index contributed by atoms with van der Waals surface area (Å²) in [7, 11) is 7.84. The number of benzene rings is 2. The van der Waals surface area contributed by atoms with Gasteiger partial charge in [-0.05, 0) is 24.4 Å². The van der Waals surface area contributed by atoms with E-state index >= 15 is 0 Å². The fourth-order valence-electron chi connectivity index (χ4n) is 2.35. The molecule has 2 aromatic rings. The van der Waals surface area contributed by atoms with Crippen molar-refractivity contribution in [3.8, 4) is 28.7 Å². The van der Waals surface area contributed by atoms with Crippen molar-refractivity contribution in [3.63, 3.8) is 0 Å². The number of nitrogens with one attached hydrogen (secondary N) is 2. The van der Waals surface area contributed by atoms with E-state index in [9.17, 15) is 0 Å². The molecule has 0 unspecified atom stereocenters. The maximum Gasteiger partial charge on any atom is 0.203 e. The monoisotopic (exact) mass is 378 g/mol. The Hall–Kier alpha value is -2.87. The molecular formula is C18H22N2O5S. The second-order valence-electron chi connectivity index (χ2n) is 5.06. The van der Waals surface area contributed by atoms with Gasteiger partial charge in [0.2, 0.25) is 5.75 Å². The first-order valence-electron chi connectivity index (χ1n) is 7.66. The average molecular weight is 378 g/mol. The van der Waals surface area contributed by atoms with Gasteiger partial charge in [0, 0.05) is 23.9 Å². The molecule has 0 atom stereocenters. The lowest BCUT2D eigenvalue weighted by molar-refractivity contribution is 0.324. The van der Waals surface area contributed by atoms with Gasteiger partial charge in [0.1, 0.15) is 11.5 Å². The quantitative estimate of drug-likeness (QED) is 0.709. The first-order valence-corrected chi connectivity index (χ1v) is 8.07. The van der Waals surface area contributed by atoms with Crippen molar-refractivity contribution in [2.45, 2.75) is 0 Å². The number of thiocarbonyl (C=S) groups is 1. The molecule has 0 aliphatic heterocycles. The molecule has 0 spiro atoms. The van der Waals surface area contributed by atoms with Crippen LogP contribution in [0.5, 0.6) is 28.7 Å². The molecule has 0 aliphatic carbocycles. The topological polar surface area (TPSA) is 70.2 Å². The van der Waals surface area contributed by atoms with Gasteiger partial charge in [0.05, 0.1) is 41.2 Å². The van der Waals surface area contributed by atoms with Gasteiger partial charge in [-0.25, -0.2) is 0 Å². The third kappa shape index (κ3) is 4.40. The molecule has 0 aliphatic rings. The first kappa shape index (κ1) is 19.5. The maximum atomic E-state index is 5.39. The van der Waals surface area contributed by atoms with Crippen LogP contribution in [-0.4, -0.2) is 40.7 Å². The molecule has 0 bridgehead atoms. The summed E-state index contributed by atoms with van der Waals surface area (Å²) in [4.78, 5) is 0. The van der Waals surface area contributed by atoms with Crippen LogP contribution in [0.2, 0.25) is 0 Å². The van der Waals surface area contributed by atoms with Crippen LogP contribution in [0, 0.1) is 0 Å². The molecule has 7 nitrogen and oxygen atoms in total. The summed E-state index contributed by atoms with van der Waals surface area (Å²) in [5.41, 5.74) is 1.36. The summed E-state index contributed by atoms with van der Waals surface area (Å²) < 4.78 is 26.6. The van der Waals surface area contributed by atoms with Crippen molar-refractivity contribution in [1.82, 2.24) is 0 Å². The second-order valence-corrected chi connectivity index (χ2v) is 5.47. The Labute approximate surface area is 158 Å². The van der Waals surface area contributed by atoms with Gasteiger partial charge in [-0.1, -0.05) is 0 Å². The zero-order valence-corrected chi connectivity index (χ0v) is 16.2. The number of methoxy groups -OCH3 is 5. The number of anilines is 2. The number of ether oxygens (including phenoxy) is 5. The third-order valence-corrected chi connectivity index (χ3v) is 3.78. The van der Waals surface area contributed by atoms with Crippen LogP contribution >= 0.6 is 12.2 Å². The molecule has 26 heavy (non-hydrogen) atoms. The molecule has 0 saturated heterocycles. The van der Waals surface area contributed by atoms with Crippen LogP contribution in [0.3, 0.4) is 0 Å². The average Bonchev–Trinajstić information content (AvgIpc) is 2.66. The van der Waals surface area contributed by atoms with Crippen LogP contribution in [0.4, 0.5) is 11.4 Å². The van der Waals surface area contributed by atoms with Crippen molar-refractivity contribution in [3.05, 3.63) is 30.3 Å². The zero-order valence-electron chi connectivity index (χ0n) is 15.3. The maximum absolute atomic E-state index is 5.39. The first-order chi connectivity index (χ1) is 12.6. The summed E-state index contributed by atoms with van der Waals surface area (Å²) in [6.45, 7) is 0. The normalized spacial score (nSPS) is 9.88. The van der Waals surface area contributed by atoms with E-state index in [1.54, 1.807) is 65.9 Å². The van der Waals surface area contributed by atoms with Crippen molar-refractivity contribution in [2.24, 2.45) is 0 Å². The molecule has 0 amide bonds. The minimum absolute atomic E-state index is 0.367. The lowest BCUT2D eigenvalue weighted by Gasteiger charge is -2.17. The van der Waals surface area contributed by atoms with Gasteiger partial charge in [-0.15, -0.1) is 0 Å². The molecule has 2 rings (SSSR count). The lowest BCUT2D eigenvalue weighted by Crippen LogP contribution is -2.19. The lowest BCUT2D eigenvalue weighted by atomic mass is 10.2. The summed E-state index contributed by atoms with van der Waals surface area (Å²) in [6.07, 6.45) is 0. The molecule has 140 valence electrons. The molecule has 2 N–H and O–H groups in total. The van der Waals surface area contributed by atoms with Crippen molar-refractivity contribution in [1.29, 1.82) is 0 Å². The molecule has 0 heterocycles. The Morgan fingerprint density at radius 2 is 1.35 bits per heavy atom. The molecule has 2 aromatic carbocycles. The van der Waals surface area contributed by atoms with E-state index in [0.29, 0.717) is 45.2 Å². The SMILES string of the molecule is COc1ccc(OC)c(NC(=S)Nc2cc(OC)c(OC)c(OC)c2)c1. The van der Waals surface area contributed by atoms with E-state index in [1.165, 1.54) is 0 Å². The van der Waals surface area contributed by atoms with Crippen LogP contribution < -0.4 is 34.3 Å². The predicted molar refractivity (Wildman–Crippen MR) is 105 cm³/mol. The Kier molecular flexibility index (Phi) is 6.74. The highest BCUT2D eigenvalue weighted by molar-refractivity contribution is 7.80. The molecular weight excluding hydrogens is 356 g/mol. The summed E-state index contributed by atoms with van der Waals surface area (Å²) in [5.74, 6) is 2.88. The van der Waals surface area contributed by atoms with E-state index in [1.807, 2.05) is 0 Å². The van der Waals surface area contributed by atoms with E-state index in [4.69, 9.17) is 35.9 Å². The molecule has 0 aromatic heterocycles. The van der Waals surface area contributed by atoms with Crippen molar-refractivity contribution >= 4 is 28.7 Å². The molecule has 0 saturated carbocycles. The van der Waals surface area contributed by atoms with Crippen LogP contribution in [-0.2, 0) is 0 Å². The summed E-state index contributed by atoms with van der Waals surface area (Å²) in [6, 6.07) is 8.92. The minimum Gasteiger partial charge on any atom is -0.497 e. The van der Waals surface area contributed by atoms with E-state index in [-0.39, 0.29) is 0 Å². The number of hydrogen-bond donors (Lipinski definition) is 2. The highest BCUT2D eigenvalue weighted by Crippen LogP contribution is 2.40. The minimum atomic E-state index is 0.367. The Morgan fingerprint density at radius 3 is 1.85 bits per heavy atom. The Bertz CT molecular complexity index is 757. The van der Waals surface area contributed by atoms with Gasteiger partial charge in [-0.2, -0.15) is 0 Å². The zero-order chi connectivity index (χ0) is 19.1. The Morgan fingerprint density at radius 1 is 0.731 bits per heavy atom. The number of rotatable bonds is 7. The van der Waals surface area contributed by atoms with E-state index in [2.05, 4.69) is 10.6 Å². The highest BCUT2D eigenvalue weighted by atomic mass is 32.1. The molecule has 0 fully saturated rings. The third-order valence-electron chi connectivity index (χ3n) is 3.58. The predicted octanol–water partition coefficient (Wildman–Crippen LogP) is 3.54. The summed E-state index contributed by atoms with van der Waals surface area (Å²) >= 11 is 5.39. The highest BCUT2D eigenvalue weighted by Gasteiger charge is 2.14. The molecule has 8 heteroatoms. The molecule has 0 radical (unpaired) electrons.